The molecule has 3 rings (SSSR count). The lowest BCUT2D eigenvalue weighted by molar-refractivity contribution is 0.414. The maximum atomic E-state index is 12.3. The number of nitrogens with zero attached hydrogens (tertiary/aromatic N) is 1. The highest BCUT2D eigenvalue weighted by Crippen LogP contribution is 2.22. The molecule has 6 nitrogen and oxygen atoms in total. The lowest BCUT2D eigenvalue weighted by atomic mass is 10.3. The number of benzene rings is 2. The Morgan fingerprint density at radius 1 is 1.14 bits per heavy atom. The van der Waals surface area contributed by atoms with E-state index in [0.717, 1.165) is 0 Å². The van der Waals surface area contributed by atoms with Gasteiger partial charge in [-0.1, -0.05) is 0 Å². The Hall–Kier alpha value is -2.54. The number of nitrogens with one attached hydrogen (secondary N) is 1. The Labute approximate surface area is 121 Å². The smallest absolute Gasteiger partial charge is 0.261 e. The Balaban J connectivity index is 1.90. The minimum absolute atomic E-state index is 0.156. The van der Waals surface area contributed by atoms with Crippen LogP contribution in [0.25, 0.3) is 11.1 Å². The third-order valence-corrected chi connectivity index (χ3v) is 4.35. The first kappa shape index (κ1) is 13.4. The van der Waals surface area contributed by atoms with Crippen LogP contribution in [-0.2, 0) is 10.0 Å². The predicted molar refractivity (Wildman–Crippen MR) is 77.8 cm³/mol. The fraction of sp³-hybridized carbons (Fsp3) is 0.0714. The van der Waals surface area contributed by atoms with Crippen LogP contribution < -0.4 is 9.46 Å². The van der Waals surface area contributed by atoms with Crippen molar-refractivity contribution in [3.8, 4) is 5.75 Å². The van der Waals surface area contributed by atoms with Crippen molar-refractivity contribution in [2.24, 2.45) is 0 Å². The number of hydrogen-bond acceptors (Lipinski definition) is 5. The van der Waals surface area contributed by atoms with Gasteiger partial charge in [0.2, 0.25) is 0 Å². The highest BCUT2D eigenvalue weighted by Gasteiger charge is 2.14. The monoisotopic (exact) mass is 304 g/mol. The van der Waals surface area contributed by atoms with Crippen molar-refractivity contribution < 1.29 is 17.6 Å². The van der Waals surface area contributed by atoms with Crippen LogP contribution in [0, 0.1) is 0 Å². The molecule has 0 aliphatic heterocycles. The molecule has 0 aliphatic rings. The van der Waals surface area contributed by atoms with E-state index in [1.807, 2.05) is 0 Å². The zero-order valence-electron chi connectivity index (χ0n) is 11.1. The molecule has 0 fully saturated rings. The lowest BCUT2D eigenvalue weighted by Gasteiger charge is -2.08. The molecule has 1 aromatic heterocycles. The van der Waals surface area contributed by atoms with Gasteiger partial charge in [-0.3, -0.25) is 4.72 Å². The SMILES string of the molecule is COc1ccc(S(=O)(=O)Nc2ccc3ocnc3c2)cc1. The minimum atomic E-state index is -3.65. The largest absolute Gasteiger partial charge is 0.497 e. The number of fused-ring (bicyclic) bond motifs is 1. The van der Waals surface area contributed by atoms with E-state index in [2.05, 4.69) is 9.71 Å². The molecule has 0 bridgehead atoms. The van der Waals surface area contributed by atoms with Crippen molar-refractivity contribution in [1.29, 1.82) is 0 Å². The number of methoxy groups -OCH3 is 1. The second-order valence-electron chi connectivity index (χ2n) is 4.32. The molecule has 21 heavy (non-hydrogen) atoms. The summed E-state index contributed by atoms with van der Waals surface area (Å²) in [6.07, 6.45) is 1.31. The number of aromatic nitrogens is 1. The van der Waals surface area contributed by atoms with Crippen molar-refractivity contribution >= 4 is 26.8 Å². The summed E-state index contributed by atoms with van der Waals surface area (Å²) in [5.41, 5.74) is 1.61. The van der Waals surface area contributed by atoms with Crippen molar-refractivity contribution in [2.75, 3.05) is 11.8 Å². The molecule has 0 amide bonds. The molecule has 3 aromatic rings. The number of rotatable bonds is 4. The van der Waals surface area contributed by atoms with Gasteiger partial charge in [0.15, 0.2) is 12.0 Å². The van der Waals surface area contributed by atoms with Crippen LogP contribution in [0.1, 0.15) is 0 Å². The molecule has 0 saturated carbocycles. The molecular formula is C14H12N2O4S. The van der Waals surface area contributed by atoms with Gasteiger partial charge in [0.05, 0.1) is 17.7 Å². The fourth-order valence-corrected chi connectivity index (χ4v) is 2.94. The summed E-state index contributed by atoms with van der Waals surface area (Å²) in [5, 5.41) is 0. The van der Waals surface area contributed by atoms with Crippen molar-refractivity contribution in [2.45, 2.75) is 4.90 Å². The van der Waals surface area contributed by atoms with E-state index in [4.69, 9.17) is 9.15 Å². The van der Waals surface area contributed by atoms with Gasteiger partial charge in [0, 0.05) is 0 Å². The Morgan fingerprint density at radius 2 is 1.90 bits per heavy atom. The molecule has 108 valence electrons. The fourth-order valence-electron chi connectivity index (χ4n) is 1.89. The summed E-state index contributed by atoms with van der Waals surface area (Å²) in [7, 11) is -2.13. The van der Waals surface area contributed by atoms with Gasteiger partial charge in [0.25, 0.3) is 10.0 Å². The standard InChI is InChI=1S/C14H12N2O4S/c1-19-11-3-5-12(6-4-11)21(17,18)16-10-2-7-14-13(8-10)15-9-20-14/h2-9,16H,1H3. The van der Waals surface area contributed by atoms with Crippen molar-refractivity contribution in [1.82, 2.24) is 4.98 Å². The Kier molecular flexibility index (Phi) is 3.26. The second-order valence-corrected chi connectivity index (χ2v) is 6.00. The first-order chi connectivity index (χ1) is 10.1. The maximum Gasteiger partial charge on any atom is 0.261 e. The molecule has 0 saturated heterocycles. The molecule has 0 atom stereocenters. The van der Waals surface area contributed by atoms with Crippen LogP contribution in [0.15, 0.2) is 58.2 Å². The summed E-state index contributed by atoms with van der Waals surface area (Å²) in [4.78, 5) is 4.14. The molecule has 0 radical (unpaired) electrons. The average molecular weight is 304 g/mol. The Morgan fingerprint density at radius 3 is 2.62 bits per heavy atom. The van der Waals surface area contributed by atoms with E-state index in [0.29, 0.717) is 22.5 Å². The van der Waals surface area contributed by atoms with Crippen LogP contribution in [0.2, 0.25) is 0 Å². The number of sulfonamides is 1. The van der Waals surface area contributed by atoms with E-state index in [9.17, 15) is 8.42 Å². The van der Waals surface area contributed by atoms with Gasteiger partial charge in [-0.15, -0.1) is 0 Å². The first-order valence-electron chi connectivity index (χ1n) is 6.08. The van der Waals surface area contributed by atoms with Gasteiger partial charge in [-0.2, -0.15) is 0 Å². The van der Waals surface area contributed by atoms with Crippen molar-refractivity contribution in [3.63, 3.8) is 0 Å². The van der Waals surface area contributed by atoms with E-state index in [1.165, 1.54) is 25.6 Å². The van der Waals surface area contributed by atoms with Crippen LogP contribution in [0.4, 0.5) is 5.69 Å². The van der Waals surface area contributed by atoms with Crippen LogP contribution >= 0.6 is 0 Å². The summed E-state index contributed by atoms with van der Waals surface area (Å²) in [6, 6.07) is 11.0. The molecule has 0 aliphatic carbocycles. The Bertz CT molecular complexity index is 869. The number of oxazole rings is 1. The molecule has 2 aromatic carbocycles. The number of ether oxygens (including phenoxy) is 1. The molecule has 7 heteroatoms. The normalized spacial score (nSPS) is 11.5. The summed E-state index contributed by atoms with van der Waals surface area (Å²) in [6.45, 7) is 0. The minimum Gasteiger partial charge on any atom is -0.497 e. The van der Waals surface area contributed by atoms with E-state index in [-0.39, 0.29) is 4.90 Å². The average Bonchev–Trinajstić information content (AvgIpc) is 2.94. The molecule has 1 heterocycles. The highest BCUT2D eigenvalue weighted by molar-refractivity contribution is 7.92. The van der Waals surface area contributed by atoms with Gasteiger partial charge >= 0.3 is 0 Å². The highest BCUT2D eigenvalue weighted by atomic mass is 32.2. The zero-order valence-corrected chi connectivity index (χ0v) is 11.9. The topological polar surface area (TPSA) is 81.4 Å². The van der Waals surface area contributed by atoms with Crippen LogP contribution in [-0.4, -0.2) is 20.5 Å². The van der Waals surface area contributed by atoms with E-state index >= 15 is 0 Å². The number of anilines is 1. The van der Waals surface area contributed by atoms with Gasteiger partial charge in [0.1, 0.15) is 11.3 Å². The van der Waals surface area contributed by atoms with Crippen LogP contribution in [0.3, 0.4) is 0 Å². The maximum absolute atomic E-state index is 12.3. The van der Waals surface area contributed by atoms with Crippen LogP contribution in [0.5, 0.6) is 5.75 Å². The van der Waals surface area contributed by atoms with Gasteiger partial charge in [-0.05, 0) is 42.5 Å². The second kappa shape index (κ2) is 5.10. The van der Waals surface area contributed by atoms with Gasteiger partial charge < -0.3 is 9.15 Å². The summed E-state index contributed by atoms with van der Waals surface area (Å²) < 4.78 is 37.2. The molecule has 0 spiro atoms. The van der Waals surface area contributed by atoms with Gasteiger partial charge in [-0.25, -0.2) is 13.4 Å². The molecule has 0 unspecified atom stereocenters. The van der Waals surface area contributed by atoms with E-state index < -0.39 is 10.0 Å². The predicted octanol–water partition coefficient (Wildman–Crippen LogP) is 2.64. The van der Waals surface area contributed by atoms with Crippen molar-refractivity contribution in [3.05, 3.63) is 48.9 Å². The van der Waals surface area contributed by atoms with E-state index in [1.54, 1.807) is 30.3 Å². The third-order valence-electron chi connectivity index (χ3n) is 2.95. The number of hydrogen-bond donors (Lipinski definition) is 1. The first-order valence-corrected chi connectivity index (χ1v) is 7.57. The molecular weight excluding hydrogens is 292 g/mol. The molecule has 1 N–H and O–H groups in total. The quantitative estimate of drug-likeness (QED) is 0.801. The third kappa shape index (κ3) is 2.68. The summed E-state index contributed by atoms with van der Waals surface area (Å²) >= 11 is 0. The zero-order chi connectivity index (χ0) is 14.9. The lowest BCUT2D eigenvalue weighted by Crippen LogP contribution is -2.12. The summed E-state index contributed by atoms with van der Waals surface area (Å²) in [5.74, 6) is 0.595.